The zero-order chi connectivity index (χ0) is 19.1. The van der Waals surface area contributed by atoms with Gasteiger partial charge in [-0.25, -0.2) is 8.42 Å². The molecule has 0 spiro atoms. The molecule has 6 nitrogen and oxygen atoms in total. The van der Waals surface area contributed by atoms with Gasteiger partial charge in [-0.15, -0.1) is 0 Å². The largest absolute Gasteiger partial charge is 0.355 e. The predicted molar refractivity (Wildman–Crippen MR) is 105 cm³/mol. The van der Waals surface area contributed by atoms with E-state index in [9.17, 15) is 13.2 Å². The zero-order valence-corrected chi connectivity index (χ0v) is 16.1. The van der Waals surface area contributed by atoms with Crippen LogP contribution in [-0.4, -0.2) is 62.8 Å². The van der Waals surface area contributed by atoms with Gasteiger partial charge < -0.3 is 5.32 Å². The Morgan fingerprint density at radius 3 is 2.11 bits per heavy atom. The molecule has 1 amide bonds. The van der Waals surface area contributed by atoms with Gasteiger partial charge >= 0.3 is 0 Å². The van der Waals surface area contributed by atoms with Crippen molar-refractivity contribution < 1.29 is 13.2 Å². The number of hydrogen-bond donors (Lipinski definition) is 1. The maximum Gasteiger partial charge on any atom is 0.243 e. The average molecular weight is 388 g/mol. The number of amides is 1. The van der Waals surface area contributed by atoms with Crippen molar-refractivity contribution in [3.8, 4) is 0 Å². The third-order valence-corrected chi connectivity index (χ3v) is 6.58. The third-order valence-electron chi connectivity index (χ3n) is 4.67. The molecule has 0 atom stereocenters. The summed E-state index contributed by atoms with van der Waals surface area (Å²) >= 11 is 0. The number of carbonyl (C=O) groups excluding carboxylic acids is 1. The number of carbonyl (C=O) groups is 1. The second-order valence-electron chi connectivity index (χ2n) is 6.57. The molecule has 0 aliphatic carbocycles. The molecule has 1 heterocycles. The van der Waals surface area contributed by atoms with Gasteiger partial charge in [-0.05, 0) is 17.7 Å². The molecule has 7 heteroatoms. The van der Waals surface area contributed by atoms with E-state index in [4.69, 9.17) is 0 Å². The number of rotatable bonds is 7. The van der Waals surface area contributed by atoms with E-state index in [0.717, 1.165) is 12.1 Å². The molecule has 0 saturated carbocycles. The topological polar surface area (TPSA) is 69.7 Å². The first-order valence-electron chi connectivity index (χ1n) is 9.14. The minimum atomic E-state index is -3.42. The molecule has 0 unspecified atom stereocenters. The van der Waals surface area contributed by atoms with E-state index in [2.05, 4.69) is 10.2 Å². The molecule has 0 aromatic heterocycles. The number of nitrogens with zero attached hydrogens (tertiary/aromatic N) is 2. The summed E-state index contributed by atoms with van der Waals surface area (Å²) in [4.78, 5) is 14.5. The van der Waals surface area contributed by atoms with Crippen LogP contribution in [0.25, 0.3) is 0 Å². The van der Waals surface area contributed by atoms with Gasteiger partial charge in [0.15, 0.2) is 0 Å². The van der Waals surface area contributed by atoms with Crippen molar-refractivity contribution in [2.24, 2.45) is 0 Å². The van der Waals surface area contributed by atoms with Crippen molar-refractivity contribution >= 4 is 15.9 Å². The average Bonchev–Trinajstić information content (AvgIpc) is 2.70. The summed E-state index contributed by atoms with van der Waals surface area (Å²) in [5.41, 5.74) is 0.995. The summed E-state index contributed by atoms with van der Waals surface area (Å²) in [5.74, 6) is 0.00601. The highest BCUT2D eigenvalue weighted by Gasteiger charge is 2.28. The number of sulfonamides is 1. The maximum atomic E-state index is 12.6. The monoisotopic (exact) mass is 387 g/mol. The molecule has 3 rings (SSSR count). The number of hydrogen-bond acceptors (Lipinski definition) is 4. The van der Waals surface area contributed by atoms with Crippen LogP contribution in [0, 0.1) is 0 Å². The van der Waals surface area contributed by atoms with Gasteiger partial charge in [-0.3, -0.25) is 9.69 Å². The van der Waals surface area contributed by atoms with Crippen molar-refractivity contribution in [3.63, 3.8) is 0 Å². The van der Waals surface area contributed by atoms with E-state index < -0.39 is 10.0 Å². The standard InChI is InChI=1S/C20H25N3O3S/c24-20(17-18-7-3-1-4-8-18)21-11-12-22-13-15-23(16-14-22)27(25,26)19-9-5-2-6-10-19/h1-10H,11-17H2,(H,21,24). The Kier molecular flexibility index (Phi) is 6.60. The summed E-state index contributed by atoms with van der Waals surface area (Å²) < 4.78 is 26.8. The van der Waals surface area contributed by atoms with Crippen molar-refractivity contribution in [3.05, 3.63) is 66.2 Å². The fourth-order valence-corrected chi connectivity index (χ4v) is 4.58. The van der Waals surface area contributed by atoms with Crippen molar-refractivity contribution in [1.82, 2.24) is 14.5 Å². The Morgan fingerprint density at radius 1 is 0.889 bits per heavy atom. The van der Waals surface area contributed by atoms with Gasteiger partial charge in [0.2, 0.25) is 15.9 Å². The van der Waals surface area contributed by atoms with Crippen LogP contribution in [0.4, 0.5) is 0 Å². The molecular weight excluding hydrogens is 362 g/mol. The Morgan fingerprint density at radius 2 is 1.48 bits per heavy atom. The van der Waals surface area contributed by atoms with E-state index in [1.54, 1.807) is 24.3 Å². The Bertz CT molecular complexity index is 833. The van der Waals surface area contributed by atoms with Crippen LogP contribution in [0.15, 0.2) is 65.6 Å². The van der Waals surface area contributed by atoms with Crippen LogP contribution < -0.4 is 5.32 Å². The van der Waals surface area contributed by atoms with Crippen LogP contribution >= 0.6 is 0 Å². The summed E-state index contributed by atoms with van der Waals surface area (Å²) in [7, 11) is -3.42. The zero-order valence-electron chi connectivity index (χ0n) is 15.3. The Balaban J connectivity index is 1.40. The summed E-state index contributed by atoms with van der Waals surface area (Å²) in [6.45, 7) is 3.56. The van der Waals surface area contributed by atoms with Gasteiger partial charge in [-0.2, -0.15) is 4.31 Å². The van der Waals surface area contributed by atoms with Gasteiger partial charge in [0.1, 0.15) is 0 Å². The first-order valence-corrected chi connectivity index (χ1v) is 10.6. The van der Waals surface area contributed by atoms with Crippen molar-refractivity contribution in [2.75, 3.05) is 39.3 Å². The fraction of sp³-hybridized carbons (Fsp3) is 0.350. The van der Waals surface area contributed by atoms with Gasteiger partial charge in [0.25, 0.3) is 0 Å². The first-order chi connectivity index (χ1) is 13.1. The Labute approximate surface area is 160 Å². The number of piperazine rings is 1. The minimum absolute atomic E-state index is 0.00601. The molecule has 1 N–H and O–H groups in total. The van der Waals surface area contributed by atoms with Crippen molar-refractivity contribution in [2.45, 2.75) is 11.3 Å². The lowest BCUT2D eigenvalue weighted by Gasteiger charge is -2.33. The van der Waals surface area contributed by atoms with Crippen LogP contribution in [0.3, 0.4) is 0 Å². The molecule has 2 aromatic rings. The van der Waals surface area contributed by atoms with Crippen molar-refractivity contribution in [1.29, 1.82) is 0 Å². The summed E-state index contributed by atoms with van der Waals surface area (Å²) in [5, 5.41) is 2.93. The quantitative estimate of drug-likeness (QED) is 0.779. The molecule has 1 aliphatic rings. The fourth-order valence-electron chi connectivity index (χ4n) is 3.13. The van der Waals surface area contributed by atoms with E-state index in [1.807, 2.05) is 36.4 Å². The lowest BCUT2D eigenvalue weighted by molar-refractivity contribution is -0.120. The number of nitrogens with one attached hydrogen (secondary N) is 1. The van der Waals surface area contributed by atoms with E-state index in [0.29, 0.717) is 44.0 Å². The molecule has 0 bridgehead atoms. The highest BCUT2D eigenvalue weighted by molar-refractivity contribution is 7.89. The van der Waals surface area contributed by atoms with Crippen LogP contribution in [0.5, 0.6) is 0 Å². The highest BCUT2D eigenvalue weighted by atomic mass is 32.2. The van der Waals surface area contributed by atoms with Crippen LogP contribution in [0.2, 0.25) is 0 Å². The minimum Gasteiger partial charge on any atom is -0.355 e. The van der Waals surface area contributed by atoms with Crippen LogP contribution in [0.1, 0.15) is 5.56 Å². The van der Waals surface area contributed by atoms with Gasteiger partial charge in [0, 0.05) is 39.3 Å². The lowest BCUT2D eigenvalue weighted by Crippen LogP contribution is -2.50. The first kappa shape index (κ1) is 19.5. The molecule has 144 valence electrons. The smallest absolute Gasteiger partial charge is 0.243 e. The lowest BCUT2D eigenvalue weighted by atomic mass is 10.1. The molecule has 0 radical (unpaired) electrons. The Hall–Kier alpha value is -2.22. The molecular formula is C20H25N3O3S. The molecule has 1 fully saturated rings. The third kappa shape index (κ3) is 5.38. The summed E-state index contributed by atoms with van der Waals surface area (Å²) in [6.07, 6.45) is 0.379. The maximum absolute atomic E-state index is 12.6. The normalized spacial score (nSPS) is 16.1. The number of benzene rings is 2. The van der Waals surface area contributed by atoms with Gasteiger partial charge in [-0.1, -0.05) is 48.5 Å². The van der Waals surface area contributed by atoms with E-state index in [-0.39, 0.29) is 5.91 Å². The molecule has 1 saturated heterocycles. The van der Waals surface area contributed by atoms with E-state index >= 15 is 0 Å². The van der Waals surface area contributed by atoms with E-state index in [1.165, 1.54) is 4.31 Å². The second kappa shape index (κ2) is 9.12. The molecule has 2 aromatic carbocycles. The molecule has 1 aliphatic heterocycles. The predicted octanol–water partition coefficient (Wildman–Crippen LogP) is 1.35. The van der Waals surface area contributed by atoms with Gasteiger partial charge in [0.05, 0.1) is 11.3 Å². The molecule has 27 heavy (non-hydrogen) atoms. The van der Waals surface area contributed by atoms with Crippen LogP contribution in [-0.2, 0) is 21.2 Å². The second-order valence-corrected chi connectivity index (χ2v) is 8.51. The highest BCUT2D eigenvalue weighted by Crippen LogP contribution is 2.16. The SMILES string of the molecule is O=C(Cc1ccccc1)NCCN1CCN(S(=O)(=O)c2ccccc2)CC1. The summed E-state index contributed by atoms with van der Waals surface area (Å²) in [6, 6.07) is 18.2.